The molecule has 0 fully saturated rings. The fraction of sp³-hybridized carbons (Fsp3) is 0.160. The van der Waals surface area contributed by atoms with Gasteiger partial charge in [-0.3, -0.25) is 9.59 Å². The standard InChI is InChI=1S/C25H19Cl5N2O5S/c1-3-16(23(33)32-14-9-11(26)7-8-15(14)37-2)38-13-6-4-5-12(10-13)31-24(34)17-18(25(35)36)20(28)22(30)21(29)19(17)27/h4-10,16H,3H2,1-2H3,(H,31,34)(H,32,33)(H,35,36). The number of thioether (sulfide) groups is 1. The molecule has 3 aromatic carbocycles. The summed E-state index contributed by atoms with van der Waals surface area (Å²) in [4.78, 5) is 38.5. The summed E-state index contributed by atoms with van der Waals surface area (Å²) in [5.41, 5.74) is -0.246. The van der Waals surface area contributed by atoms with Gasteiger partial charge in [0.05, 0.1) is 49.3 Å². The molecule has 0 radical (unpaired) electrons. The molecule has 0 saturated heterocycles. The molecule has 3 aromatic rings. The summed E-state index contributed by atoms with van der Waals surface area (Å²) in [6, 6.07) is 11.6. The van der Waals surface area contributed by atoms with E-state index in [0.29, 0.717) is 33.5 Å². The topological polar surface area (TPSA) is 105 Å². The van der Waals surface area contributed by atoms with Crippen LogP contribution in [-0.4, -0.2) is 35.2 Å². The molecule has 0 aliphatic rings. The Labute approximate surface area is 247 Å². The number of hydrogen-bond donors (Lipinski definition) is 3. The third kappa shape index (κ3) is 6.81. The number of methoxy groups -OCH3 is 1. The van der Waals surface area contributed by atoms with Gasteiger partial charge in [0.15, 0.2) is 0 Å². The highest BCUT2D eigenvalue weighted by Gasteiger charge is 2.29. The lowest BCUT2D eigenvalue weighted by atomic mass is 10.1. The Balaban J connectivity index is 1.82. The number of aromatic carboxylic acids is 1. The minimum Gasteiger partial charge on any atom is -0.495 e. The lowest BCUT2D eigenvalue weighted by Gasteiger charge is -2.17. The first kappa shape index (κ1) is 30.2. The third-order valence-corrected chi connectivity index (χ3v) is 8.56. The molecule has 2 amide bonds. The number of hydrogen-bond acceptors (Lipinski definition) is 5. The average Bonchev–Trinajstić information content (AvgIpc) is 2.87. The van der Waals surface area contributed by atoms with Gasteiger partial charge in [0.2, 0.25) is 5.91 Å². The number of halogens is 5. The Hall–Kier alpha value is -2.33. The zero-order chi connectivity index (χ0) is 28.1. The summed E-state index contributed by atoms with van der Waals surface area (Å²) < 4.78 is 5.28. The molecule has 1 unspecified atom stereocenters. The molecule has 0 saturated carbocycles. The molecular formula is C25H19Cl5N2O5S. The van der Waals surface area contributed by atoms with Gasteiger partial charge in [-0.25, -0.2) is 4.79 Å². The second-order valence-electron chi connectivity index (χ2n) is 7.64. The predicted molar refractivity (Wildman–Crippen MR) is 154 cm³/mol. The van der Waals surface area contributed by atoms with Crippen molar-refractivity contribution >= 4 is 98.9 Å². The molecule has 0 aliphatic heterocycles. The average molecular weight is 637 g/mol. The van der Waals surface area contributed by atoms with Crippen LogP contribution in [0.1, 0.15) is 34.1 Å². The summed E-state index contributed by atoms with van der Waals surface area (Å²) >= 11 is 31.5. The van der Waals surface area contributed by atoms with Gasteiger partial charge in [0, 0.05) is 15.6 Å². The van der Waals surface area contributed by atoms with Crippen LogP contribution in [0.3, 0.4) is 0 Å². The monoisotopic (exact) mass is 634 g/mol. The van der Waals surface area contributed by atoms with E-state index in [2.05, 4.69) is 10.6 Å². The SMILES string of the molecule is CCC(Sc1cccc(NC(=O)c2c(Cl)c(Cl)c(Cl)c(Cl)c2C(=O)O)c1)C(=O)Nc1cc(Cl)ccc1OC. The molecule has 3 rings (SSSR count). The van der Waals surface area contributed by atoms with E-state index < -0.39 is 33.3 Å². The number of anilines is 2. The molecular weight excluding hydrogens is 618 g/mol. The lowest BCUT2D eigenvalue weighted by molar-refractivity contribution is -0.115. The van der Waals surface area contributed by atoms with Crippen LogP contribution < -0.4 is 15.4 Å². The third-order valence-electron chi connectivity index (χ3n) is 5.16. The smallest absolute Gasteiger partial charge is 0.338 e. The highest BCUT2D eigenvalue weighted by atomic mass is 35.5. The molecule has 0 heterocycles. The van der Waals surface area contributed by atoms with Crippen molar-refractivity contribution in [3.63, 3.8) is 0 Å². The second-order valence-corrected chi connectivity index (χ2v) is 10.9. The Morgan fingerprint density at radius 2 is 1.58 bits per heavy atom. The van der Waals surface area contributed by atoms with Crippen molar-refractivity contribution in [3.8, 4) is 5.75 Å². The van der Waals surface area contributed by atoms with E-state index in [9.17, 15) is 19.5 Å². The van der Waals surface area contributed by atoms with Crippen molar-refractivity contribution in [2.75, 3.05) is 17.7 Å². The molecule has 0 spiro atoms. The van der Waals surface area contributed by atoms with E-state index in [0.717, 1.165) is 0 Å². The minimum absolute atomic E-state index is 0.245. The summed E-state index contributed by atoms with van der Waals surface area (Å²) in [6.45, 7) is 1.86. The van der Waals surface area contributed by atoms with Crippen LogP contribution in [0.5, 0.6) is 5.75 Å². The maximum Gasteiger partial charge on any atom is 0.338 e. The van der Waals surface area contributed by atoms with Crippen molar-refractivity contribution in [1.29, 1.82) is 0 Å². The zero-order valence-corrected chi connectivity index (χ0v) is 24.3. The van der Waals surface area contributed by atoms with Gasteiger partial charge < -0.3 is 20.5 Å². The Bertz CT molecular complexity index is 1420. The second kappa shape index (κ2) is 13.2. The first-order valence-electron chi connectivity index (χ1n) is 10.8. The van der Waals surface area contributed by atoms with Crippen LogP contribution in [0.4, 0.5) is 11.4 Å². The van der Waals surface area contributed by atoms with Crippen molar-refractivity contribution in [1.82, 2.24) is 0 Å². The van der Waals surface area contributed by atoms with Crippen LogP contribution in [-0.2, 0) is 4.79 Å². The van der Waals surface area contributed by atoms with Gasteiger partial charge >= 0.3 is 5.97 Å². The summed E-state index contributed by atoms with van der Waals surface area (Å²) in [5.74, 6) is -2.16. The first-order valence-corrected chi connectivity index (χ1v) is 13.6. The number of carbonyl (C=O) groups is 3. The molecule has 0 aliphatic carbocycles. The van der Waals surface area contributed by atoms with E-state index in [1.165, 1.54) is 18.9 Å². The maximum absolute atomic E-state index is 13.1. The van der Waals surface area contributed by atoms with Crippen LogP contribution in [0.2, 0.25) is 25.1 Å². The molecule has 3 N–H and O–H groups in total. The van der Waals surface area contributed by atoms with E-state index >= 15 is 0 Å². The van der Waals surface area contributed by atoms with Crippen LogP contribution >= 0.6 is 69.8 Å². The van der Waals surface area contributed by atoms with Gasteiger partial charge in [0.25, 0.3) is 5.91 Å². The van der Waals surface area contributed by atoms with Crippen molar-refractivity contribution in [2.24, 2.45) is 0 Å². The minimum atomic E-state index is -1.50. The molecule has 13 heteroatoms. The Morgan fingerprint density at radius 3 is 2.18 bits per heavy atom. The Morgan fingerprint density at radius 1 is 0.921 bits per heavy atom. The van der Waals surface area contributed by atoms with E-state index in [4.69, 9.17) is 62.7 Å². The van der Waals surface area contributed by atoms with Gasteiger partial charge in [-0.15, -0.1) is 11.8 Å². The van der Waals surface area contributed by atoms with Crippen LogP contribution in [0.15, 0.2) is 47.4 Å². The Kier molecular flexibility index (Phi) is 10.5. The highest BCUT2D eigenvalue weighted by Crippen LogP contribution is 2.42. The number of carbonyl (C=O) groups excluding carboxylic acids is 2. The zero-order valence-electron chi connectivity index (χ0n) is 19.7. The maximum atomic E-state index is 13.1. The normalized spacial score (nSPS) is 11.6. The fourth-order valence-electron chi connectivity index (χ4n) is 3.36. The van der Waals surface area contributed by atoms with Crippen molar-refractivity contribution in [2.45, 2.75) is 23.5 Å². The molecule has 1 atom stereocenters. The number of rotatable bonds is 9. The fourth-order valence-corrected chi connectivity index (χ4v) is 5.57. The quantitative estimate of drug-likeness (QED) is 0.124. The number of amides is 2. The molecule has 38 heavy (non-hydrogen) atoms. The molecule has 200 valence electrons. The van der Waals surface area contributed by atoms with E-state index in [1.807, 2.05) is 6.92 Å². The molecule has 7 nitrogen and oxygen atoms in total. The van der Waals surface area contributed by atoms with Crippen molar-refractivity contribution in [3.05, 3.63) is 78.7 Å². The van der Waals surface area contributed by atoms with Crippen LogP contribution in [0.25, 0.3) is 0 Å². The summed E-state index contributed by atoms with van der Waals surface area (Å²) in [6.07, 6.45) is 0.495. The summed E-state index contributed by atoms with van der Waals surface area (Å²) in [7, 11) is 1.49. The number of nitrogens with one attached hydrogen (secondary N) is 2. The summed E-state index contributed by atoms with van der Waals surface area (Å²) in [5, 5.41) is 13.7. The van der Waals surface area contributed by atoms with E-state index in [1.54, 1.807) is 42.5 Å². The van der Waals surface area contributed by atoms with Crippen LogP contribution in [0, 0.1) is 0 Å². The lowest BCUT2D eigenvalue weighted by Crippen LogP contribution is -2.24. The predicted octanol–water partition coefficient (Wildman–Crippen LogP) is 8.42. The number of benzene rings is 3. The van der Waals surface area contributed by atoms with Gasteiger partial charge in [0.1, 0.15) is 5.75 Å². The number of carboxylic acids is 1. The first-order chi connectivity index (χ1) is 18.0. The van der Waals surface area contributed by atoms with E-state index in [-0.39, 0.29) is 21.0 Å². The number of ether oxygens (including phenoxy) is 1. The highest BCUT2D eigenvalue weighted by molar-refractivity contribution is 8.00. The van der Waals surface area contributed by atoms with Gasteiger partial charge in [-0.1, -0.05) is 71.0 Å². The molecule has 0 bridgehead atoms. The van der Waals surface area contributed by atoms with Crippen molar-refractivity contribution < 1.29 is 24.2 Å². The van der Waals surface area contributed by atoms with Gasteiger partial charge in [-0.05, 0) is 42.8 Å². The largest absolute Gasteiger partial charge is 0.495 e. The van der Waals surface area contributed by atoms with Gasteiger partial charge in [-0.2, -0.15) is 0 Å². The molecule has 0 aromatic heterocycles. The number of carboxylic acid groups (broad SMARTS) is 1.